The highest BCUT2D eigenvalue weighted by Gasteiger charge is 2.31. The van der Waals surface area contributed by atoms with Crippen LogP contribution in [0.4, 0.5) is 4.79 Å². The zero-order valence-corrected chi connectivity index (χ0v) is 11.1. The van der Waals surface area contributed by atoms with Crippen molar-refractivity contribution in [1.29, 1.82) is 0 Å². The summed E-state index contributed by atoms with van der Waals surface area (Å²) in [5.41, 5.74) is 8.43. The summed E-state index contributed by atoms with van der Waals surface area (Å²) in [6.07, 6.45) is 4.38. The molecule has 1 fully saturated rings. The van der Waals surface area contributed by atoms with E-state index in [1.807, 2.05) is 11.0 Å². The number of nitrogens with two attached hydrogens (primary N) is 1. The lowest BCUT2D eigenvalue weighted by Gasteiger charge is -2.38. The third kappa shape index (κ3) is 2.32. The van der Waals surface area contributed by atoms with Crippen molar-refractivity contribution in [2.75, 3.05) is 13.1 Å². The van der Waals surface area contributed by atoms with Gasteiger partial charge in [0.05, 0.1) is 6.04 Å². The van der Waals surface area contributed by atoms with E-state index < -0.39 is 0 Å². The van der Waals surface area contributed by atoms with Crippen molar-refractivity contribution in [2.24, 2.45) is 5.73 Å². The van der Waals surface area contributed by atoms with Crippen molar-refractivity contribution in [3.8, 4) is 0 Å². The number of hydrogen-bond acceptors (Lipinski definition) is 2. The molecule has 4 nitrogen and oxygen atoms in total. The molecule has 2 aliphatic rings. The highest BCUT2D eigenvalue weighted by molar-refractivity contribution is 5.75. The fourth-order valence-electron chi connectivity index (χ4n) is 2.96. The smallest absolute Gasteiger partial charge is 0.318 e. The lowest BCUT2D eigenvalue weighted by molar-refractivity contribution is 0.161. The number of rotatable bonds is 2. The number of hydrogen-bond donors (Lipinski definition) is 2. The van der Waals surface area contributed by atoms with Gasteiger partial charge in [0.15, 0.2) is 0 Å². The summed E-state index contributed by atoms with van der Waals surface area (Å²) in [6.45, 7) is 1.24. The number of amides is 2. The minimum Gasteiger partial charge on any atom is -0.335 e. The van der Waals surface area contributed by atoms with Gasteiger partial charge >= 0.3 is 6.03 Å². The van der Waals surface area contributed by atoms with Crippen LogP contribution < -0.4 is 11.1 Å². The van der Waals surface area contributed by atoms with Gasteiger partial charge in [-0.3, -0.25) is 0 Å². The number of nitrogens with zero attached hydrogens (tertiary/aromatic N) is 1. The van der Waals surface area contributed by atoms with Crippen molar-refractivity contribution in [3.63, 3.8) is 0 Å². The van der Waals surface area contributed by atoms with Crippen molar-refractivity contribution >= 4 is 6.03 Å². The van der Waals surface area contributed by atoms with Crippen LogP contribution in [0.5, 0.6) is 0 Å². The first-order valence-electron chi connectivity index (χ1n) is 7.14. The van der Waals surface area contributed by atoms with Gasteiger partial charge in [-0.05, 0) is 36.8 Å². The van der Waals surface area contributed by atoms with Crippen molar-refractivity contribution < 1.29 is 4.79 Å². The molecule has 1 unspecified atom stereocenters. The van der Waals surface area contributed by atoms with Crippen LogP contribution in [-0.2, 0) is 6.42 Å². The number of carbonyl (C=O) groups is 1. The molecule has 4 heteroatoms. The van der Waals surface area contributed by atoms with Crippen LogP contribution >= 0.6 is 0 Å². The Labute approximate surface area is 114 Å². The van der Waals surface area contributed by atoms with E-state index >= 15 is 0 Å². The number of urea groups is 1. The molecule has 1 aromatic rings. The van der Waals surface area contributed by atoms with Crippen LogP contribution in [0.25, 0.3) is 0 Å². The first kappa shape index (κ1) is 12.5. The van der Waals surface area contributed by atoms with E-state index in [1.54, 1.807) is 0 Å². The molecule has 1 aliphatic carbocycles. The second-order valence-electron chi connectivity index (χ2n) is 5.47. The molecule has 1 aliphatic heterocycles. The zero-order valence-electron chi connectivity index (χ0n) is 11.1. The maximum absolute atomic E-state index is 12.3. The Morgan fingerprint density at radius 1 is 1.37 bits per heavy atom. The number of fused-ring (bicyclic) bond motifs is 1. The molecule has 0 saturated heterocycles. The average molecular weight is 259 g/mol. The second kappa shape index (κ2) is 5.21. The van der Waals surface area contributed by atoms with E-state index in [1.165, 1.54) is 17.5 Å². The Morgan fingerprint density at radius 3 is 2.84 bits per heavy atom. The minimum atomic E-state index is 0.0185. The van der Waals surface area contributed by atoms with E-state index in [4.69, 9.17) is 5.73 Å². The standard InChI is InChI=1S/C15H21N3O/c16-10-14-13-7-2-1-4-11(13)8-9-18(14)15(19)17-12-5-3-6-12/h1-2,4,7,12,14H,3,5-6,8-10,16H2,(H,17,19). The predicted octanol–water partition coefficient (Wildman–Crippen LogP) is 1.81. The topological polar surface area (TPSA) is 58.4 Å². The molecule has 1 heterocycles. The Bertz CT molecular complexity index is 470. The zero-order chi connectivity index (χ0) is 13.2. The minimum absolute atomic E-state index is 0.0185. The lowest BCUT2D eigenvalue weighted by Crippen LogP contribution is -2.51. The van der Waals surface area contributed by atoms with E-state index in [0.29, 0.717) is 12.6 Å². The normalized spacial score (nSPS) is 22.6. The Morgan fingerprint density at radius 2 is 2.16 bits per heavy atom. The summed E-state index contributed by atoms with van der Waals surface area (Å²) >= 11 is 0. The van der Waals surface area contributed by atoms with Crippen LogP contribution in [0.3, 0.4) is 0 Å². The lowest BCUT2D eigenvalue weighted by atomic mass is 9.92. The molecule has 19 heavy (non-hydrogen) atoms. The number of carbonyl (C=O) groups excluding carboxylic acids is 1. The van der Waals surface area contributed by atoms with Crippen LogP contribution in [0, 0.1) is 0 Å². The maximum atomic E-state index is 12.3. The molecule has 0 bridgehead atoms. The highest BCUT2D eigenvalue weighted by Crippen LogP contribution is 2.29. The van der Waals surface area contributed by atoms with Crippen LogP contribution in [-0.4, -0.2) is 30.1 Å². The van der Waals surface area contributed by atoms with Crippen molar-refractivity contribution in [3.05, 3.63) is 35.4 Å². The predicted molar refractivity (Wildman–Crippen MR) is 74.8 cm³/mol. The maximum Gasteiger partial charge on any atom is 0.318 e. The van der Waals surface area contributed by atoms with Gasteiger partial charge in [0, 0.05) is 19.1 Å². The van der Waals surface area contributed by atoms with Gasteiger partial charge in [-0.25, -0.2) is 4.79 Å². The van der Waals surface area contributed by atoms with Crippen LogP contribution in [0.1, 0.15) is 36.4 Å². The summed E-state index contributed by atoms with van der Waals surface area (Å²) in [5.74, 6) is 0. The van der Waals surface area contributed by atoms with Crippen LogP contribution in [0.2, 0.25) is 0 Å². The Balaban J connectivity index is 1.77. The molecule has 0 spiro atoms. The van der Waals surface area contributed by atoms with Gasteiger partial charge in [-0.1, -0.05) is 24.3 Å². The summed E-state index contributed by atoms with van der Waals surface area (Å²) in [5, 5.41) is 3.11. The second-order valence-corrected chi connectivity index (χ2v) is 5.47. The van der Waals surface area contributed by atoms with Crippen molar-refractivity contribution in [1.82, 2.24) is 10.2 Å². The Hall–Kier alpha value is -1.55. The van der Waals surface area contributed by atoms with Gasteiger partial charge in [0.1, 0.15) is 0 Å². The summed E-state index contributed by atoms with van der Waals surface area (Å²) in [4.78, 5) is 14.2. The quantitative estimate of drug-likeness (QED) is 0.851. The fraction of sp³-hybridized carbons (Fsp3) is 0.533. The molecular formula is C15H21N3O. The fourth-order valence-corrected chi connectivity index (χ4v) is 2.96. The summed E-state index contributed by atoms with van der Waals surface area (Å²) in [6, 6.07) is 8.75. The highest BCUT2D eigenvalue weighted by atomic mass is 16.2. The molecule has 2 amide bonds. The largest absolute Gasteiger partial charge is 0.335 e. The first-order chi connectivity index (χ1) is 9.29. The van der Waals surface area contributed by atoms with E-state index in [9.17, 15) is 4.79 Å². The van der Waals surface area contributed by atoms with E-state index in [0.717, 1.165) is 25.8 Å². The molecule has 1 aromatic carbocycles. The average Bonchev–Trinajstić information content (AvgIpc) is 2.41. The van der Waals surface area contributed by atoms with Gasteiger partial charge in [0.25, 0.3) is 0 Å². The monoisotopic (exact) mass is 259 g/mol. The molecule has 3 N–H and O–H groups in total. The number of benzene rings is 1. The SMILES string of the molecule is NCC1c2ccccc2CCN1C(=O)NC1CCC1. The molecule has 0 radical (unpaired) electrons. The molecule has 102 valence electrons. The van der Waals surface area contributed by atoms with Gasteiger partial charge in [-0.15, -0.1) is 0 Å². The van der Waals surface area contributed by atoms with Gasteiger partial charge in [-0.2, -0.15) is 0 Å². The van der Waals surface area contributed by atoms with E-state index in [2.05, 4.69) is 23.5 Å². The molecule has 0 aromatic heterocycles. The summed E-state index contributed by atoms with van der Waals surface area (Å²) in [7, 11) is 0. The molecule has 1 atom stereocenters. The van der Waals surface area contributed by atoms with Crippen molar-refractivity contribution in [2.45, 2.75) is 37.8 Å². The van der Waals surface area contributed by atoms with Gasteiger partial charge < -0.3 is 16.0 Å². The molecule has 1 saturated carbocycles. The molecule has 3 rings (SSSR count). The molecular weight excluding hydrogens is 238 g/mol. The third-order valence-corrected chi connectivity index (χ3v) is 4.33. The van der Waals surface area contributed by atoms with Crippen LogP contribution in [0.15, 0.2) is 24.3 Å². The first-order valence-corrected chi connectivity index (χ1v) is 7.14. The van der Waals surface area contributed by atoms with E-state index in [-0.39, 0.29) is 12.1 Å². The third-order valence-electron chi connectivity index (χ3n) is 4.33. The number of nitrogens with one attached hydrogen (secondary N) is 1. The summed E-state index contributed by atoms with van der Waals surface area (Å²) < 4.78 is 0. The van der Waals surface area contributed by atoms with Gasteiger partial charge in [0.2, 0.25) is 0 Å². The Kier molecular flexibility index (Phi) is 3.42.